The van der Waals surface area contributed by atoms with Crippen LogP contribution >= 0.6 is 0 Å². The Morgan fingerprint density at radius 3 is 1.50 bits per heavy atom. The summed E-state index contributed by atoms with van der Waals surface area (Å²) in [7, 11) is 0. The molecule has 0 atom stereocenters. The molecule has 0 aromatic heterocycles. The number of unbranched alkanes of at least 4 members (excludes halogenated alkanes) is 7. The Balaban J connectivity index is 1.52. The highest BCUT2D eigenvalue weighted by Crippen LogP contribution is 2.15. The molecule has 3 aromatic carbocycles. The zero-order valence-corrected chi connectivity index (χ0v) is 22.0. The fraction of sp³-hybridized carbons (Fsp3) is 0.371. The SMILES string of the molecule is CCCCCCCc1ccc(C#Cc2ccc(C#Cc3ccc(CCCCCC)cc3)cc2)cc1F. The topological polar surface area (TPSA) is 0 Å². The van der Waals surface area contributed by atoms with Gasteiger partial charge in [-0.3, -0.25) is 0 Å². The standard InChI is InChI=1S/C35H39F/c1-3-5-7-9-11-13-34-27-26-33(28-35(34)36)25-24-32-22-20-31(21-23-32)19-18-30-16-14-29(15-17-30)12-10-8-6-4-2/h14-17,20-23,26-28H,3-13H2,1-2H3. The van der Waals surface area contributed by atoms with E-state index in [0.717, 1.165) is 41.5 Å². The Morgan fingerprint density at radius 2 is 0.944 bits per heavy atom. The fourth-order valence-electron chi connectivity index (χ4n) is 4.18. The van der Waals surface area contributed by atoms with E-state index in [4.69, 9.17) is 0 Å². The molecule has 0 spiro atoms. The van der Waals surface area contributed by atoms with Crippen LogP contribution in [0.15, 0.2) is 66.7 Å². The highest BCUT2D eigenvalue weighted by molar-refractivity contribution is 5.48. The van der Waals surface area contributed by atoms with E-state index >= 15 is 0 Å². The smallest absolute Gasteiger partial charge is 0.127 e. The molecular formula is C35H39F. The molecule has 0 fully saturated rings. The van der Waals surface area contributed by atoms with Gasteiger partial charge in [-0.15, -0.1) is 0 Å². The largest absolute Gasteiger partial charge is 0.207 e. The van der Waals surface area contributed by atoms with Crippen LogP contribution in [0.5, 0.6) is 0 Å². The second-order valence-electron chi connectivity index (χ2n) is 9.56. The second-order valence-corrected chi connectivity index (χ2v) is 9.56. The molecule has 0 N–H and O–H groups in total. The number of aryl methyl sites for hydroxylation is 2. The van der Waals surface area contributed by atoms with Gasteiger partial charge in [0.1, 0.15) is 5.82 Å². The van der Waals surface area contributed by atoms with E-state index < -0.39 is 0 Å². The van der Waals surface area contributed by atoms with Gasteiger partial charge in [-0.25, -0.2) is 4.39 Å². The highest BCUT2D eigenvalue weighted by atomic mass is 19.1. The minimum atomic E-state index is -0.146. The number of benzene rings is 3. The van der Waals surface area contributed by atoms with E-state index in [9.17, 15) is 4.39 Å². The van der Waals surface area contributed by atoms with Crippen LogP contribution in [0.4, 0.5) is 4.39 Å². The lowest BCUT2D eigenvalue weighted by atomic mass is 10.0. The zero-order chi connectivity index (χ0) is 25.4. The number of hydrogen-bond donors (Lipinski definition) is 0. The molecule has 3 rings (SSSR count). The average molecular weight is 479 g/mol. The van der Waals surface area contributed by atoms with Gasteiger partial charge < -0.3 is 0 Å². The van der Waals surface area contributed by atoms with Gasteiger partial charge in [0.15, 0.2) is 0 Å². The van der Waals surface area contributed by atoms with E-state index in [2.05, 4.69) is 61.8 Å². The summed E-state index contributed by atoms with van der Waals surface area (Å²) in [5.74, 6) is 12.6. The maximum absolute atomic E-state index is 14.5. The van der Waals surface area contributed by atoms with E-state index in [1.807, 2.05) is 36.4 Å². The van der Waals surface area contributed by atoms with Gasteiger partial charge in [0.2, 0.25) is 0 Å². The van der Waals surface area contributed by atoms with Crippen molar-refractivity contribution in [2.24, 2.45) is 0 Å². The van der Waals surface area contributed by atoms with E-state index in [1.165, 1.54) is 56.9 Å². The molecule has 0 aliphatic rings. The Hall–Kier alpha value is -3.29. The lowest BCUT2D eigenvalue weighted by molar-refractivity contribution is 0.587. The van der Waals surface area contributed by atoms with Crippen molar-refractivity contribution in [1.29, 1.82) is 0 Å². The predicted octanol–water partition coefficient (Wildman–Crippen LogP) is 9.26. The average Bonchev–Trinajstić information content (AvgIpc) is 2.91. The molecule has 0 heterocycles. The van der Waals surface area contributed by atoms with Crippen LogP contribution in [0.2, 0.25) is 0 Å². The molecule has 0 nitrogen and oxygen atoms in total. The van der Waals surface area contributed by atoms with E-state index in [1.54, 1.807) is 6.07 Å². The lowest BCUT2D eigenvalue weighted by Crippen LogP contribution is -1.92. The van der Waals surface area contributed by atoms with Crippen LogP contribution in [0.25, 0.3) is 0 Å². The van der Waals surface area contributed by atoms with Crippen LogP contribution < -0.4 is 0 Å². The summed E-state index contributed by atoms with van der Waals surface area (Å²) in [4.78, 5) is 0. The first-order valence-electron chi connectivity index (χ1n) is 13.7. The summed E-state index contributed by atoms with van der Waals surface area (Å²) >= 11 is 0. The molecule has 0 saturated carbocycles. The first-order chi connectivity index (χ1) is 17.7. The van der Waals surface area contributed by atoms with Crippen LogP contribution in [0.1, 0.15) is 105 Å². The van der Waals surface area contributed by atoms with Crippen LogP contribution in [-0.4, -0.2) is 0 Å². The molecule has 0 aliphatic heterocycles. The number of halogens is 1. The molecule has 0 unspecified atom stereocenters. The molecule has 0 amide bonds. The predicted molar refractivity (Wildman–Crippen MR) is 152 cm³/mol. The third-order valence-electron chi connectivity index (χ3n) is 6.46. The molecule has 1 heteroatoms. The monoisotopic (exact) mass is 478 g/mol. The quantitative estimate of drug-likeness (QED) is 0.190. The van der Waals surface area contributed by atoms with Crippen molar-refractivity contribution >= 4 is 0 Å². The molecule has 0 radical (unpaired) electrons. The van der Waals surface area contributed by atoms with E-state index in [0.29, 0.717) is 5.56 Å². The summed E-state index contributed by atoms with van der Waals surface area (Å²) in [5, 5.41) is 0. The highest BCUT2D eigenvalue weighted by Gasteiger charge is 2.03. The minimum absolute atomic E-state index is 0.146. The van der Waals surface area contributed by atoms with Gasteiger partial charge in [0.25, 0.3) is 0 Å². The first-order valence-corrected chi connectivity index (χ1v) is 13.7. The minimum Gasteiger partial charge on any atom is -0.207 e. The Kier molecular flexibility index (Phi) is 11.9. The van der Waals surface area contributed by atoms with Crippen molar-refractivity contribution in [2.45, 2.75) is 84.5 Å². The van der Waals surface area contributed by atoms with Crippen molar-refractivity contribution in [3.05, 3.63) is 106 Å². The molecule has 36 heavy (non-hydrogen) atoms. The Labute approximate surface area is 218 Å². The Bertz CT molecular complexity index is 1180. The second kappa shape index (κ2) is 15.7. The molecule has 3 aromatic rings. The molecule has 0 bridgehead atoms. The Morgan fingerprint density at radius 1 is 0.500 bits per heavy atom. The third kappa shape index (κ3) is 9.76. The van der Waals surface area contributed by atoms with E-state index in [-0.39, 0.29) is 5.82 Å². The molecular weight excluding hydrogens is 439 g/mol. The maximum Gasteiger partial charge on any atom is 0.127 e. The summed E-state index contributed by atoms with van der Waals surface area (Å²) in [6.45, 7) is 4.45. The van der Waals surface area contributed by atoms with Gasteiger partial charge in [-0.1, -0.05) is 101 Å². The summed E-state index contributed by atoms with van der Waals surface area (Å²) < 4.78 is 14.5. The zero-order valence-electron chi connectivity index (χ0n) is 22.0. The van der Waals surface area contributed by atoms with Crippen molar-refractivity contribution in [1.82, 2.24) is 0 Å². The van der Waals surface area contributed by atoms with Crippen molar-refractivity contribution in [3.63, 3.8) is 0 Å². The normalized spacial score (nSPS) is 10.3. The fourth-order valence-corrected chi connectivity index (χ4v) is 4.18. The molecule has 186 valence electrons. The van der Waals surface area contributed by atoms with Crippen LogP contribution in [0, 0.1) is 29.5 Å². The van der Waals surface area contributed by atoms with Gasteiger partial charge in [-0.05, 0) is 85.3 Å². The maximum atomic E-state index is 14.5. The molecule has 0 saturated heterocycles. The summed E-state index contributed by atoms with van der Waals surface area (Å²) in [5.41, 5.74) is 5.77. The summed E-state index contributed by atoms with van der Waals surface area (Å²) in [6, 6.07) is 21.9. The third-order valence-corrected chi connectivity index (χ3v) is 6.46. The van der Waals surface area contributed by atoms with Crippen molar-refractivity contribution in [2.75, 3.05) is 0 Å². The number of rotatable bonds is 11. The number of hydrogen-bond acceptors (Lipinski definition) is 0. The first kappa shape index (κ1) is 27.3. The van der Waals surface area contributed by atoms with Gasteiger partial charge in [-0.2, -0.15) is 0 Å². The van der Waals surface area contributed by atoms with Gasteiger partial charge in [0.05, 0.1) is 0 Å². The van der Waals surface area contributed by atoms with Gasteiger partial charge in [0, 0.05) is 22.3 Å². The van der Waals surface area contributed by atoms with Crippen LogP contribution in [-0.2, 0) is 12.8 Å². The van der Waals surface area contributed by atoms with Crippen molar-refractivity contribution < 1.29 is 4.39 Å². The molecule has 0 aliphatic carbocycles. The van der Waals surface area contributed by atoms with Gasteiger partial charge >= 0.3 is 0 Å². The summed E-state index contributed by atoms with van der Waals surface area (Å²) in [6.07, 6.45) is 13.0. The van der Waals surface area contributed by atoms with Crippen molar-refractivity contribution in [3.8, 4) is 23.7 Å². The lowest BCUT2D eigenvalue weighted by Gasteiger charge is -2.04. The van der Waals surface area contributed by atoms with Crippen LogP contribution in [0.3, 0.4) is 0 Å².